The van der Waals surface area contributed by atoms with Crippen molar-refractivity contribution in [3.8, 4) is 5.75 Å². The molecule has 262 valence electrons. The van der Waals surface area contributed by atoms with E-state index in [-0.39, 0.29) is 26.2 Å². The van der Waals surface area contributed by atoms with Crippen molar-refractivity contribution < 1.29 is 49.8 Å². The molecule has 1 rings (SSSR count). The lowest BCUT2D eigenvalue weighted by atomic mass is 10.0. The van der Waals surface area contributed by atoms with Crippen LogP contribution in [0.5, 0.6) is 5.75 Å². The predicted molar refractivity (Wildman–Crippen MR) is 165 cm³/mol. The SMILES string of the molecule is CCCCCCCCCCCCCCCCOCCCOP(=O)(N[C@@H](C)C(=O)OCCCC)Oc1c(F)c(F)c(F)c(F)c1F. The molecule has 7 nitrogen and oxygen atoms in total. The maximum Gasteiger partial charge on any atom is 0.459 e. The summed E-state index contributed by atoms with van der Waals surface area (Å²) in [6.07, 6.45) is 18.9. The van der Waals surface area contributed by atoms with E-state index >= 15 is 0 Å². The largest absolute Gasteiger partial charge is 0.465 e. The minimum absolute atomic E-state index is 0.0711. The van der Waals surface area contributed by atoms with Crippen LogP contribution in [0.25, 0.3) is 0 Å². The Balaban J connectivity index is 2.42. The first-order valence-electron chi connectivity index (χ1n) is 16.6. The third-order valence-corrected chi connectivity index (χ3v) is 8.81. The van der Waals surface area contributed by atoms with Crippen LogP contribution in [-0.4, -0.2) is 38.4 Å². The summed E-state index contributed by atoms with van der Waals surface area (Å²) in [6, 6.07) is -1.36. The molecule has 0 amide bonds. The van der Waals surface area contributed by atoms with Crippen molar-refractivity contribution >= 4 is 13.7 Å². The second-order valence-electron chi connectivity index (χ2n) is 11.3. The second-order valence-corrected chi connectivity index (χ2v) is 12.9. The van der Waals surface area contributed by atoms with E-state index in [4.69, 9.17) is 18.5 Å². The fraction of sp³-hybridized carbons (Fsp3) is 0.781. The number of unbranched alkanes of at least 4 members (excludes halogenated alkanes) is 14. The Morgan fingerprint density at radius 2 is 1.07 bits per heavy atom. The summed E-state index contributed by atoms with van der Waals surface area (Å²) in [7, 11) is -4.83. The van der Waals surface area contributed by atoms with E-state index in [0.29, 0.717) is 13.0 Å². The van der Waals surface area contributed by atoms with E-state index in [2.05, 4.69) is 12.0 Å². The predicted octanol–water partition coefficient (Wildman–Crippen LogP) is 10.1. The van der Waals surface area contributed by atoms with Crippen LogP contribution in [0, 0.1) is 29.1 Å². The van der Waals surface area contributed by atoms with Crippen LogP contribution in [0.3, 0.4) is 0 Å². The summed E-state index contributed by atoms with van der Waals surface area (Å²) in [5.74, 6) is -14.3. The fourth-order valence-electron chi connectivity index (χ4n) is 4.45. The summed E-state index contributed by atoms with van der Waals surface area (Å²) < 4.78 is 103. The number of rotatable bonds is 28. The van der Waals surface area contributed by atoms with Gasteiger partial charge in [-0.25, -0.2) is 17.7 Å². The minimum Gasteiger partial charge on any atom is -0.465 e. The summed E-state index contributed by atoms with van der Waals surface area (Å²) in [5, 5.41) is 2.16. The highest BCUT2D eigenvalue weighted by atomic mass is 31.2. The standard InChI is InChI=1S/C32H53F5NO6P/c1-4-6-8-9-10-11-12-13-14-15-16-17-18-19-21-41-22-20-24-43-45(40,38-25(3)32(39)42-23-7-5-2)44-31-29(36)27(34)26(33)28(35)30(31)37/h25H,4-24H2,1-3H3,(H,38,40)/t25-,45?/m0/s1. The Morgan fingerprint density at radius 1 is 0.622 bits per heavy atom. The minimum atomic E-state index is -4.83. The van der Waals surface area contributed by atoms with Crippen molar-refractivity contribution in [2.45, 2.75) is 136 Å². The highest BCUT2D eigenvalue weighted by Crippen LogP contribution is 2.47. The molecular weight excluding hydrogens is 620 g/mol. The Kier molecular flexibility index (Phi) is 22.4. The molecule has 13 heteroatoms. The molecule has 0 spiro atoms. The molecule has 0 saturated carbocycles. The van der Waals surface area contributed by atoms with E-state index in [1.807, 2.05) is 6.92 Å². The van der Waals surface area contributed by atoms with Crippen LogP contribution >= 0.6 is 7.75 Å². The summed E-state index contributed by atoms with van der Waals surface area (Å²) >= 11 is 0. The zero-order valence-corrected chi connectivity index (χ0v) is 28.1. The molecule has 0 bridgehead atoms. The normalized spacial score (nSPS) is 13.5. The molecule has 2 atom stereocenters. The molecule has 1 unspecified atom stereocenters. The summed E-state index contributed by atoms with van der Waals surface area (Å²) in [4.78, 5) is 12.2. The lowest BCUT2D eigenvalue weighted by molar-refractivity contribution is -0.145. The number of carbonyl (C=O) groups excluding carboxylic acids is 1. The van der Waals surface area contributed by atoms with Gasteiger partial charge in [-0.2, -0.15) is 13.9 Å². The van der Waals surface area contributed by atoms with Gasteiger partial charge in [0, 0.05) is 13.2 Å². The molecule has 1 N–H and O–H groups in total. The molecule has 0 aromatic heterocycles. The smallest absolute Gasteiger partial charge is 0.459 e. The van der Waals surface area contributed by atoms with Gasteiger partial charge in [-0.15, -0.1) is 0 Å². The molecule has 0 aliphatic carbocycles. The van der Waals surface area contributed by atoms with Gasteiger partial charge in [-0.05, 0) is 26.2 Å². The number of ether oxygens (including phenoxy) is 2. The maximum atomic E-state index is 14.2. The van der Waals surface area contributed by atoms with Crippen molar-refractivity contribution in [2.24, 2.45) is 0 Å². The Labute approximate surface area is 265 Å². The average molecular weight is 674 g/mol. The summed E-state index contributed by atoms with van der Waals surface area (Å²) in [5.41, 5.74) is 0. The second kappa shape index (κ2) is 24.4. The first-order chi connectivity index (χ1) is 21.6. The number of carbonyl (C=O) groups is 1. The van der Waals surface area contributed by atoms with Gasteiger partial charge in [-0.3, -0.25) is 9.32 Å². The molecule has 0 aliphatic heterocycles. The van der Waals surface area contributed by atoms with Crippen LogP contribution in [0.2, 0.25) is 0 Å². The van der Waals surface area contributed by atoms with Gasteiger partial charge in [0.2, 0.25) is 34.8 Å². The molecule has 45 heavy (non-hydrogen) atoms. The molecule has 1 aromatic carbocycles. The van der Waals surface area contributed by atoms with Gasteiger partial charge in [0.15, 0.2) is 0 Å². The van der Waals surface area contributed by atoms with Crippen LogP contribution in [-0.2, 0) is 23.4 Å². The monoisotopic (exact) mass is 673 g/mol. The molecular formula is C32H53F5NO6P. The van der Waals surface area contributed by atoms with E-state index in [9.17, 15) is 31.3 Å². The first-order valence-corrected chi connectivity index (χ1v) is 18.1. The quantitative estimate of drug-likeness (QED) is 0.0237. The van der Waals surface area contributed by atoms with E-state index in [0.717, 1.165) is 25.7 Å². The van der Waals surface area contributed by atoms with E-state index in [1.165, 1.54) is 77.6 Å². The van der Waals surface area contributed by atoms with Crippen LogP contribution in [0.15, 0.2) is 0 Å². The molecule has 0 fully saturated rings. The van der Waals surface area contributed by atoms with Gasteiger partial charge in [0.25, 0.3) is 0 Å². The van der Waals surface area contributed by atoms with Crippen molar-refractivity contribution in [1.29, 1.82) is 0 Å². The number of nitrogens with one attached hydrogen (secondary N) is 1. The highest BCUT2D eigenvalue weighted by Gasteiger charge is 2.37. The van der Waals surface area contributed by atoms with Gasteiger partial charge < -0.3 is 14.0 Å². The van der Waals surface area contributed by atoms with Gasteiger partial charge in [0.05, 0.1) is 13.2 Å². The zero-order valence-electron chi connectivity index (χ0n) is 27.2. The lowest BCUT2D eigenvalue weighted by Gasteiger charge is -2.23. The molecule has 0 heterocycles. The topological polar surface area (TPSA) is 83.1 Å². The third-order valence-electron chi connectivity index (χ3n) is 7.17. The van der Waals surface area contributed by atoms with Crippen molar-refractivity contribution in [3.63, 3.8) is 0 Å². The van der Waals surface area contributed by atoms with Crippen molar-refractivity contribution in [3.05, 3.63) is 29.1 Å². The third kappa shape index (κ3) is 17.1. The maximum absolute atomic E-state index is 14.2. The van der Waals surface area contributed by atoms with Crippen LogP contribution in [0.4, 0.5) is 22.0 Å². The Hall–Kier alpha value is -1.75. The van der Waals surface area contributed by atoms with Gasteiger partial charge >= 0.3 is 13.7 Å². The number of hydrogen-bond donors (Lipinski definition) is 1. The number of esters is 1. The van der Waals surface area contributed by atoms with E-state index in [1.54, 1.807) is 0 Å². The van der Waals surface area contributed by atoms with Crippen LogP contribution < -0.4 is 9.61 Å². The average Bonchev–Trinajstić information content (AvgIpc) is 3.02. The Morgan fingerprint density at radius 3 is 1.58 bits per heavy atom. The zero-order chi connectivity index (χ0) is 33.5. The number of benzene rings is 1. The number of halogens is 5. The van der Waals surface area contributed by atoms with Crippen molar-refractivity contribution in [2.75, 3.05) is 26.4 Å². The van der Waals surface area contributed by atoms with Crippen molar-refractivity contribution in [1.82, 2.24) is 5.09 Å². The lowest BCUT2D eigenvalue weighted by Crippen LogP contribution is -2.35. The summed E-state index contributed by atoms with van der Waals surface area (Å²) in [6.45, 7) is 5.80. The molecule has 0 radical (unpaired) electrons. The highest BCUT2D eigenvalue weighted by molar-refractivity contribution is 7.52. The molecule has 0 saturated heterocycles. The Bertz CT molecular complexity index is 990. The number of hydrogen-bond acceptors (Lipinski definition) is 6. The van der Waals surface area contributed by atoms with Gasteiger partial charge in [-0.1, -0.05) is 104 Å². The van der Waals surface area contributed by atoms with Crippen LogP contribution in [0.1, 0.15) is 130 Å². The fourth-order valence-corrected chi connectivity index (χ4v) is 5.98. The molecule has 0 aliphatic rings. The molecule has 1 aromatic rings. The first kappa shape index (κ1) is 41.3. The van der Waals surface area contributed by atoms with Gasteiger partial charge in [0.1, 0.15) is 6.04 Å². The van der Waals surface area contributed by atoms with E-state index < -0.39 is 54.6 Å².